The lowest BCUT2D eigenvalue weighted by molar-refractivity contribution is 0.319. The van der Waals surface area contributed by atoms with Crippen molar-refractivity contribution in [2.75, 3.05) is 43.9 Å². The second kappa shape index (κ2) is 9.69. The van der Waals surface area contributed by atoms with Gasteiger partial charge in [0.15, 0.2) is 22.5 Å². The van der Waals surface area contributed by atoms with Crippen LogP contribution < -0.4 is 9.64 Å². The van der Waals surface area contributed by atoms with Gasteiger partial charge in [-0.2, -0.15) is 0 Å². The van der Waals surface area contributed by atoms with Crippen molar-refractivity contribution >= 4 is 17.4 Å². The first-order chi connectivity index (χ1) is 16.1. The van der Waals surface area contributed by atoms with Crippen LogP contribution in [0.15, 0.2) is 47.8 Å². The molecule has 2 aliphatic heterocycles. The SMILES string of the molecule is COc1cc(N2CCC3CN(CCCSc4nnc(-c5ccccn5)n4C)CC32)ccc1F. The summed E-state index contributed by atoms with van der Waals surface area (Å²) >= 11 is 1.75. The molecular weight excluding hydrogens is 439 g/mol. The predicted octanol–water partition coefficient (Wildman–Crippen LogP) is 3.72. The lowest BCUT2D eigenvalue weighted by atomic mass is 10.0. The highest BCUT2D eigenvalue weighted by Crippen LogP contribution is 2.37. The third-order valence-electron chi connectivity index (χ3n) is 6.67. The van der Waals surface area contributed by atoms with E-state index in [1.165, 1.54) is 19.6 Å². The Morgan fingerprint density at radius 1 is 1.18 bits per heavy atom. The van der Waals surface area contributed by atoms with Crippen LogP contribution in [0.25, 0.3) is 11.5 Å². The van der Waals surface area contributed by atoms with Gasteiger partial charge in [0, 0.05) is 56.4 Å². The van der Waals surface area contributed by atoms with Crippen LogP contribution in [0.1, 0.15) is 12.8 Å². The number of aromatic nitrogens is 4. The molecule has 0 amide bonds. The van der Waals surface area contributed by atoms with Crippen molar-refractivity contribution < 1.29 is 9.13 Å². The Balaban J connectivity index is 1.12. The second-order valence-electron chi connectivity index (χ2n) is 8.67. The number of thioether (sulfide) groups is 1. The normalized spacial score (nSPS) is 20.4. The molecule has 5 rings (SSSR count). The maximum atomic E-state index is 13.8. The van der Waals surface area contributed by atoms with Crippen LogP contribution in [0, 0.1) is 11.7 Å². The number of benzene rings is 1. The van der Waals surface area contributed by atoms with E-state index in [1.54, 1.807) is 18.0 Å². The molecular formula is C24H29FN6OS. The van der Waals surface area contributed by atoms with Crippen LogP contribution in [0.3, 0.4) is 0 Å². The van der Waals surface area contributed by atoms with Gasteiger partial charge in [-0.05, 0) is 49.6 Å². The molecule has 33 heavy (non-hydrogen) atoms. The van der Waals surface area contributed by atoms with Gasteiger partial charge in [-0.25, -0.2) is 4.39 Å². The smallest absolute Gasteiger partial charge is 0.191 e. The molecule has 2 unspecified atom stereocenters. The quantitative estimate of drug-likeness (QED) is 0.369. The van der Waals surface area contributed by atoms with Gasteiger partial charge >= 0.3 is 0 Å². The van der Waals surface area contributed by atoms with E-state index in [0.29, 0.717) is 17.7 Å². The molecule has 0 aliphatic carbocycles. The van der Waals surface area contributed by atoms with E-state index in [0.717, 1.165) is 60.7 Å². The highest BCUT2D eigenvalue weighted by Gasteiger charge is 2.41. The van der Waals surface area contributed by atoms with E-state index in [2.05, 4.69) is 25.0 Å². The maximum Gasteiger partial charge on any atom is 0.191 e. The third kappa shape index (κ3) is 4.56. The Hall–Kier alpha value is -2.65. The Morgan fingerprint density at radius 2 is 2.09 bits per heavy atom. The third-order valence-corrected chi connectivity index (χ3v) is 7.77. The zero-order chi connectivity index (χ0) is 22.8. The fourth-order valence-corrected chi connectivity index (χ4v) is 5.82. The summed E-state index contributed by atoms with van der Waals surface area (Å²) < 4.78 is 21.0. The highest BCUT2D eigenvalue weighted by molar-refractivity contribution is 7.99. The number of fused-ring (bicyclic) bond motifs is 1. The van der Waals surface area contributed by atoms with E-state index in [-0.39, 0.29) is 5.82 Å². The minimum absolute atomic E-state index is 0.308. The summed E-state index contributed by atoms with van der Waals surface area (Å²) in [6, 6.07) is 11.5. The summed E-state index contributed by atoms with van der Waals surface area (Å²) in [4.78, 5) is 9.37. The van der Waals surface area contributed by atoms with Crippen molar-refractivity contribution in [3.63, 3.8) is 0 Å². The van der Waals surface area contributed by atoms with Crippen LogP contribution in [0.5, 0.6) is 5.75 Å². The number of ether oxygens (including phenoxy) is 1. The summed E-state index contributed by atoms with van der Waals surface area (Å²) in [6.07, 6.45) is 4.06. The zero-order valence-electron chi connectivity index (χ0n) is 19.0. The van der Waals surface area contributed by atoms with Crippen molar-refractivity contribution in [1.82, 2.24) is 24.6 Å². The largest absolute Gasteiger partial charge is 0.494 e. The van der Waals surface area contributed by atoms with Crippen LogP contribution in [0.2, 0.25) is 0 Å². The van der Waals surface area contributed by atoms with E-state index in [1.807, 2.05) is 41.9 Å². The molecule has 9 heteroatoms. The van der Waals surface area contributed by atoms with Crippen LogP contribution in [-0.2, 0) is 7.05 Å². The molecule has 7 nitrogen and oxygen atoms in total. The number of likely N-dealkylation sites (tertiary alicyclic amines) is 1. The first kappa shape index (κ1) is 22.2. The van der Waals surface area contributed by atoms with E-state index >= 15 is 0 Å². The molecule has 3 aromatic rings. The molecule has 174 valence electrons. The summed E-state index contributed by atoms with van der Waals surface area (Å²) in [6.45, 7) is 4.30. The van der Waals surface area contributed by atoms with Gasteiger partial charge in [0.25, 0.3) is 0 Å². The summed E-state index contributed by atoms with van der Waals surface area (Å²) in [7, 11) is 3.51. The lowest BCUT2D eigenvalue weighted by Crippen LogP contribution is -2.35. The molecule has 0 spiro atoms. The van der Waals surface area contributed by atoms with Gasteiger partial charge in [0.05, 0.1) is 7.11 Å². The number of nitrogens with zero attached hydrogens (tertiary/aromatic N) is 6. The fraction of sp³-hybridized carbons (Fsp3) is 0.458. The van der Waals surface area contributed by atoms with E-state index in [9.17, 15) is 4.39 Å². The molecule has 2 aliphatic rings. The topological polar surface area (TPSA) is 59.3 Å². The summed E-state index contributed by atoms with van der Waals surface area (Å²) in [5.41, 5.74) is 1.90. The van der Waals surface area contributed by atoms with Crippen LogP contribution >= 0.6 is 11.8 Å². The maximum absolute atomic E-state index is 13.8. The Labute approximate surface area is 198 Å². The van der Waals surface area contributed by atoms with Crippen molar-refractivity contribution in [2.45, 2.75) is 24.0 Å². The van der Waals surface area contributed by atoms with E-state index in [4.69, 9.17) is 4.74 Å². The van der Waals surface area contributed by atoms with Crippen LogP contribution in [-0.4, -0.2) is 69.7 Å². The molecule has 1 aromatic carbocycles. The van der Waals surface area contributed by atoms with Gasteiger partial charge in [-0.3, -0.25) is 4.98 Å². The van der Waals surface area contributed by atoms with Gasteiger partial charge in [0.2, 0.25) is 0 Å². The van der Waals surface area contributed by atoms with Crippen molar-refractivity contribution in [1.29, 1.82) is 0 Å². The average molecular weight is 469 g/mol. The lowest BCUT2D eigenvalue weighted by Gasteiger charge is -2.27. The highest BCUT2D eigenvalue weighted by atomic mass is 32.2. The van der Waals surface area contributed by atoms with Crippen molar-refractivity contribution in [2.24, 2.45) is 13.0 Å². The van der Waals surface area contributed by atoms with Gasteiger partial charge in [0.1, 0.15) is 5.69 Å². The molecule has 0 saturated carbocycles. The number of hydrogen-bond acceptors (Lipinski definition) is 7. The number of halogens is 1. The fourth-order valence-electron chi connectivity index (χ4n) is 4.99. The molecule has 0 bridgehead atoms. The minimum atomic E-state index is -0.308. The van der Waals surface area contributed by atoms with Gasteiger partial charge in [-0.1, -0.05) is 17.8 Å². The van der Waals surface area contributed by atoms with Gasteiger partial charge in [-0.15, -0.1) is 10.2 Å². The monoisotopic (exact) mass is 468 g/mol. The van der Waals surface area contributed by atoms with E-state index < -0.39 is 0 Å². The molecule has 4 heterocycles. The first-order valence-corrected chi connectivity index (χ1v) is 12.4. The molecule has 0 radical (unpaired) electrons. The van der Waals surface area contributed by atoms with Crippen molar-refractivity contribution in [3.8, 4) is 17.3 Å². The predicted molar refractivity (Wildman–Crippen MR) is 128 cm³/mol. The number of rotatable bonds is 8. The number of anilines is 1. The summed E-state index contributed by atoms with van der Waals surface area (Å²) in [5, 5.41) is 9.59. The van der Waals surface area contributed by atoms with Crippen molar-refractivity contribution in [3.05, 3.63) is 48.4 Å². The standard InChI is InChI=1S/C24H29FN6OS/c1-29-23(20-6-3-4-10-26-20)27-28-24(29)33-13-5-11-30-15-17-9-12-31(21(17)16-30)18-7-8-19(25)22(14-18)32-2/h3-4,6-8,10,14,17,21H,5,9,11-13,15-16H2,1-2H3. The van der Waals surface area contributed by atoms with Crippen LogP contribution in [0.4, 0.5) is 10.1 Å². The Morgan fingerprint density at radius 3 is 2.91 bits per heavy atom. The zero-order valence-corrected chi connectivity index (χ0v) is 19.8. The number of methoxy groups -OCH3 is 1. The molecule has 0 N–H and O–H groups in total. The van der Waals surface area contributed by atoms with Gasteiger partial charge < -0.3 is 19.1 Å². The molecule has 2 fully saturated rings. The minimum Gasteiger partial charge on any atom is -0.494 e. The molecule has 2 atom stereocenters. The Bertz CT molecular complexity index is 1090. The second-order valence-corrected chi connectivity index (χ2v) is 9.73. The average Bonchev–Trinajstić information content (AvgIpc) is 3.52. The number of pyridine rings is 1. The molecule has 2 aromatic heterocycles. The summed E-state index contributed by atoms with van der Waals surface area (Å²) in [5.74, 6) is 2.48. The first-order valence-electron chi connectivity index (χ1n) is 11.4. The Kier molecular flexibility index (Phi) is 6.50. The molecule has 2 saturated heterocycles. The number of hydrogen-bond donors (Lipinski definition) is 0.